The highest BCUT2D eigenvalue weighted by Gasteiger charge is 2.08. The number of nitrogens with zero attached hydrogens (tertiary/aromatic N) is 2. The van der Waals surface area contributed by atoms with Crippen LogP contribution < -0.4 is 0 Å². The smallest absolute Gasteiger partial charge is 0.0888 e. The van der Waals surface area contributed by atoms with Crippen molar-refractivity contribution in [2.24, 2.45) is 4.99 Å². The minimum Gasteiger partial charge on any atom is -0.337 e. The Labute approximate surface area is 68.6 Å². The van der Waals surface area contributed by atoms with Crippen LogP contribution in [0, 0.1) is 0 Å². The van der Waals surface area contributed by atoms with Gasteiger partial charge in [0.2, 0.25) is 0 Å². The van der Waals surface area contributed by atoms with Crippen LogP contribution in [0.3, 0.4) is 0 Å². The fraction of sp³-hybridized carbons (Fsp3) is 0.667. The minimum absolute atomic E-state index is 1.09. The topological polar surface area (TPSA) is 15.6 Å². The van der Waals surface area contributed by atoms with Crippen LogP contribution in [0.15, 0.2) is 17.3 Å². The maximum Gasteiger partial charge on any atom is 0.0888 e. The maximum atomic E-state index is 4.01. The lowest BCUT2D eigenvalue weighted by Gasteiger charge is -2.18. The number of likely N-dealkylation sites (tertiary alicyclic amines) is 1. The van der Waals surface area contributed by atoms with E-state index in [-0.39, 0.29) is 0 Å². The molecule has 0 amide bonds. The van der Waals surface area contributed by atoms with Crippen molar-refractivity contribution in [3.05, 3.63) is 12.3 Å². The van der Waals surface area contributed by atoms with E-state index < -0.39 is 0 Å². The zero-order valence-electron chi connectivity index (χ0n) is 7.21. The second-order valence-electron chi connectivity index (χ2n) is 2.94. The van der Waals surface area contributed by atoms with Crippen molar-refractivity contribution in [3.63, 3.8) is 0 Å². The number of rotatable bonds is 1. The summed E-state index contributed by atoms with van der Waals surface area (Å²) in [4.78, 5) is 6.15. The van der Waals surface area contributed by atoms with Crippen molar-refractivity contribution < 1.29 is 0 Å². The molecule has 0 bridgehead atoms. The quantitative estimate of drug-likeness (QED) is 0.414. The molecule has 0 aromatic heterocycles. The summed E-state index contributed by atoms with van der Waals surface area (Å²) in [5.41, 5.74) is 1.22. The monoisotopic (exact) mass is 152 g/mol. The van der Waals surface area contributed by atoms with Gasteiger partial charge < -0.3 is 4.90 Å². The van der Waals surface area contributed by atoms with Crippen molar-refractivity contribution in [2.45, 2.75) is 25.7 Å². The molecule has 0 unspecified atom stereocenters. The third kappa shape index (κ3) is 2.37. The van der Waals surface area contributed by atoms with E-state index in [0.717, 1.165) is 13.0 Å². The average molecular weight is 152 g/mol. The molecule has 2 heteroatoms. The van der Waals surface area contributed by atoms with Gasteiger partial charge >= 0.3 is 0 Å². The highest BCUT2D eigenvalue weighted by Crippen LogP contribution is 2.16. The molecule has 11 heavy (non-hydrogen) atoms. The van der Waals surface area contributed by atoms with Gasteiger partial charge in [0, 0.05) is 19.3 Å². The molecule has 62 valence electrons. The number of hydrogen-bond donors (Lipinski definition) is 0. The number of allylic oxidation sites excluding steroid dienone is 1. The van der Waals surface area contributed by atoms with Crippen molar-refractivity contribution in [1.82, 2.24) is 4.90 Å². The Morgan fingerprint density at radius 3 is 3.00 bits per heavy atom. The molecule has 0 N–H and O–H groups in total. The predicted octanol–water partition coefficient (Wildman–Crippen LogP) is 2.03. The largest absolute Gasteiger partial charge is 0.337 e. The summed E-state index contributed by atoms with van der Waals surface area (Å²) in [6.07, 6.45) is 6.89. The molecular formula is C9H16N2. The van der Waals surface area contributed by atoms with E-state index in [0.29, 0.717) is 0 Å². The molecule has 0 radical (unpaired) electrons. The second-order valence-corrected chi connectivity index (χ2v) is 2.94. The summed E-state index contributed by atoms with van der Waals surface area (Å²) in [5.74, 6) is 0. The summed E-state index contributed by atoms with van der Waals surface area (Å²) in [5, 5.41) is 0. The van der Waals surface area contributed by atoms with Crippen LogP contribution in [-0.2, 0) is 0 Å². The van der Waals surface area contributed by atoms with Crippen LogP contribution in [0.25, 0.3) is 0 Å². The van der Waals surface area contributed by atoms with Gasteiger partial charge in [-0.1, -0.05) is 13.0 Å². The van der Waals surface area contributed by atoms with Crippen LogP contribution in [0.4, 0.5) is 0 Å². The molecule has 1 rings (SSSR count). The molecule has 0 saturated carbocycles. The van der Waals surface area contributed by atoms with E-state index in [4.69, 9.17) is 0 Å². The molecular weight excluding hydrogens is 136 g/mol. The molecule has 1 saturated heterocycles. The molecule has 1 aliphatic rings. The third-order valence-electron chi connectivity index (χ3n) is 2.03. The van der Waals surface area contributed by atoms with Gasteiger partial charge in [-0.05, 0) is 19.3 Å². The Kier molecular flexibility index (Phi) is 3.14. The first-order valence-corrected chi connectivity index (χ1v) is 4.21. The van der Waals surface area contributed by atoms with Crippen molar-refractivity contribution in [1.29, 1.82) is 0 Å². The fourth-order valence-corrected chi connectivity index (χ4v) is 1.37. The number of hydrogen-bond acceptors (Lipinski definition) is 1. The molecule has 0 spiro atoms. The first-order chi connectivity index (χ1) is 5.34. The van der Waals surface area contributed by atoms with E-state index in [1.54, 1.807) is 7.05 Å². The normalized spacial score (nSPS) is 20.8. The van der Waals surface area contributed by atoms with Gasteiger partial charge in [0.05, 0.1) is 6.34 Å². The summed E-state index contributed by atoms with van der Waals surface area (Å²) in [7, 11) is 1.80. The minimum atomic E-state index is 1.09. The molecule has 1 heterocycles. The van der Waals surface area contributed by atoms with Gasteiger partial charge in [-0.2, -0.15) is 0 Å². The van der Waals surface area contributed by atoms with E-state index in [2.05, 4.69) is 16.5 Å². The van der Waals surface area contributed by atoms with E-state index >= 15 is 0 Å². The highest BCUT2D eigenvalue weighted by molar-refractivity contribution is 5.57. The van der Waals surface area contributed by atoms with E-state index in [9.17, 15) is 0 Å². The molecule has 0 aromatic carbocycles. The van der Waals surface area contributed by atoms with Crippen LogP contribution in [0.1, 0.15) is 25.7 Å². The summed E-state index contributed by atoms with van der Waals surface area (Å²) in [6.45, 7) is 5.10. The lowest BCUT2D eigenvalue weighted by atomic mass is 10.2. The van der Waals surface area contributed by atoms with Crippen molar-refractivity contribution >= 4 is 6.34 Å². The molecule has 0 aliphatic carbocycles. The summed E-state index contributed by atoms with van der Waals surface area (Å²) >= 11 is 0. The van der Waals surface area contributed by atoms with Gasteiger partial charge in [0.25, 0.3) is 0 Å². The SMILES string of the molecule is C=C1CCCCCN1C=NC. The van der Waals surface area contributed by atoms with Crippen LogP contribution in [0.5, 0.6) is 0 Å². The first kappa shape index (κ1) is 8.31. The summed E-state index contributed by atoms with van der Waals surface area (Å²) in [6, 6.07) is 0. The average Bonchev–Trinajstić information content (AvgIpc) is 2.18. The highest BCUT2D eigenvalue weighted by atomic mass is 15.2. The third-order valence-corrected chi connectivity index (χ3v) is 2.03. The standard InChI is InChI=1S/C9H16N2/c1-9-6-4-3-5-7-11(9)8-10-2/h8H,1,3-7H2,2H3. The van der Waals surface area contributed by atoms with Crippen molar-refractivity contribution in [2.75, 3.05) is 13.6 Å². The Hall–Kier alpha value is -0.790. The number of aliphatic imine (C=N–C) groups is 1. The van der Waals surface area contributed by atoms with Crippen LogP contribution >= 0.6 is 0 Å². The Balaban J connectivity index is 2.52. The van der Waals surface area contributed by atoms with Crippen LogP contribution in [0.2, 0.25) is 0 Å². The Morgan fingerprint density at radius 1 is 1.45 bits per heavy atom. The predicted molar refractivity (Wildman–Crippen MR) is 48.7 cm³/mol. The molecule has 1 aliphatic heterocycles. The van der Waals surface area contributed by atoms with Gasteiger partial charge in [0.1, 0.15) is 0 Å². The maximum absolute atomic E-state index is 4.01. The van der Waals surface area contributed by atoms with Gasteiger partial charge in [-0.15, -0.1) is 0 Å². The zero-order valence-corrected chi connectivity index (χ0v) is 7.21. The van der Waals surface area contributed by atoms with Gasteiger partial charge in [-0.25, -0.2) is 0 Å². The lowest BCUT2D eigenvalue weighted by molar-refractivity contribution is 0.523. The Morgan fingerprint density at radius 2 is 2.27 bits per heavy atom. The van der Waals surface area contributed by atoms with Gasteiger partial charge in [0.15, 0.2) is 0 Å². The summed E-state index contributed by atoms with van der Waals surface area (Å²) < 4.78 is 0. The second kappa shape index (κ2) is 4.16. The first-order valence-electron chi connectivity index (χ1n) is 4.21. The molecule has 1 fully saturated rings. The zero-order chi connectivity index (χ0) is 8.10. The molecule has 2 nitrogen and oxygen atoms in total. The van der Waals surface area contributed by atoms with Crippen LogP contribution in [-0.4, -0.2) is 24.8 Å². The van der Waals surface area contributed by atoms with Crippen molar-refractivity contribution in [3.8, 4) is 0 Å². The van der Waals surface area contributed by atoms with E-state index in [1.165, 1.54) is 25.0 Å². The Bertz CT molecular complexity index is 161. The molecule has 0 aromatic rings. The lowest BCUT2D eigenvalue weighted by Crippen LogP contribution is -2.20. The molecule has 0 atom stereocenters. The fourth-order valence-electron chi connectivity index (χ4n) is 1.37. The van der Waals surface area contributed by atoms with E-state index in [1.807, 2.05) is 6.34 Å². The van der Waals surface area contributed by atoms with Gasteiger partial charge in [-0.3, -0.25) is 4.99 Å².